The molecule has 41 heavy (non-hydrogen) atoms. The number of aromatic nitrogens is 5. The number of nitrogens with one attached hydrogen (secondary N) is 2. The standard InChI is InChI=1S/C30H31N7O4/c38-24-25(39)30(41-26(24)29(40)35-20-10-11-20)37-17-34-23-27(32-16-33-28(23)37)31-13-12-19-15-36(14-18-6-2-1-3-7-18)22-9-5-4-8-21(19)22/h1-9,15-17,20,24-26,30,38-39H,10-14H2,(H,35,40)(H,31,32,33)/t24-,25+,26-,30?/m0/s1. The second-order valence-electron chi connectivity index (χ2n) is 10.7. The average Bonchev–Trinajstić information content (AvgIpc) is 3.48. The molecule has 11 heteroatoms. The van der Waals surface area contributed by atoms with E-state index in [9.17, 15) is 15.0 Å². The Morgan fingerprint density at radius 1 is 1.00 bits per heavy atom. The van der Waals surface area contributed by atoms with Gasteiger partial charge < -0.3 is 30.2 Å². The number of imidazole rings is 1. The first kappa shape index (κ1) is 25.6. The van der Waals surface area contributed by atoms with Crippen LogP contribution in [0, 0.1) is 0 Å². The van der Waals surface area contributed by atoms with E-state index in [2.05, 4.69) is 84.9 Å². The van der Waals surface area contributed by atoms with Gasteiger partial charge in [0.25, 0.3) is 5.91 Å². The molecule has 2 aliphatic rings. The minimum Gasteiger partial charge on any atom is -0.387 e. The SMILES string of the molecule is O=C(NC1CC1)[C@H]1OC(n2cnc3c(NCCc4cn(Cc5ccccc5)c5ccccc45)ncnc32)[C@H](O)[C@@H]1O. The normalized spacial score (nSPS) is 22.4. The lowest BCUT2D eigenvalue weighted by atomic mass is 10.1. The number of fused-ring (bicyclic) bond motifs is 2. The highest BCUT2D eigenvalue weighted by molar-refractivity contribution is 5.85. The highest BCUT2D eigenvalue weighted by Gasteiger charge is 2.48. The molecule has 2 aromatic carbocycles. The number of benzene rings is 2. The molecule has 1 saturated heterocycles. The zero-order valence-corrected chi connectivity index (χ0v) is 22.3. The minimum absolute atomic E-state index is 0.116. The highest BCUT2D eigenvalue weighted by atomic mass is 16.6. The van der Waals surface area contributed by atoms with E-state index < -0.39 is 30.4 Å². The molecule has 1 amide bonds. The van der Waals surface area contributed by atoms with Crippen LogP contribution in [0.3, 0.4) is 0 Å². The number of hydrogen-bond donors (Lipinski definition) is 4. The van der Waals surface area contributed by atoms with Crippen LogP contribution in [0.4, 0.5) is 5.82 Å². The number of amides is 1. The summed E-state index contributed by atoms with van der Waals surface area (Å²) in [5.74, 6) is 0.130. The zero-order chi connectivity index (χ0) is 27.9. The van der Waals surface area contributed by atoms with Crippen molar-refractivity contribution in [2.45, 2.75) is 56.4 Å². The van der Waals surface area contributed by atoms with Crippen molar-refractivity contribution in [3.63, 3.8) is 0 Å². The van der Waals surface area contributed by atoms with Crippen molar-refractivity contribution >= 4 is 33.8 Å². The molecule has 1 aliphatic carbocycles. The van der Waals surface area contributed by atoms with E-state index in [1.54, 1.807) is 0 Å². The maximum absolute atomic E-state index is 12.5. The van der Waals surface area contributed by atoms with Gasteiger partial charge in [0.2, 0.25) is 0 Å². The molecule has 11 nitrogen and oxygen atoms in total. The molecule has 3 aromatic heterocycles. The van der Waals surface area contributed by atoms with E-state index in [0.717, 1.165) is 25.8 Å². The third-order valence-corrected chi connectivity index (χ3v) is 7.81. The third-order valence-electron chi connectivity index (χ3n) is 7.81. The number of anilines is 1. The van der Waals surface area contributed by atoms with Gasteiger partial charge in [-0.1, -0.05) is 48.5 Å². The Bertz CT molecular complexity index is 1700. The quantitative estimate of drug-likeness (QED) is 0.218. The van der Waals surface area contributed by atoms with E-state index in [0.29, 0.717) is 23.5 Å². The summed E-state index contributed by atoms with van der Waals surface area (Å²) in [6.45, 7) is 1.41. The molecule has 2 fully saturated rings. The molecule has 1 unspecified atom stereocenters. The molecule has 4 heterocycles. The topological polar surface area (TPSA) is 139 Å². The fourth-order valence-electron chi connectivity index (χ4n) is 5.53. The number of aliphatic hydroxyl groups excluding tert-OH is 2. The van der Waals surface area contributed by atoms with Crippen molar-refractivity contribution in [2.24, 2.45) is 0 Å². The largest absolute Gasteiger partial charge is 0.387 e. The lowest BCUT2D eigenvalue weighted by Gasteiger charge is -2.16. The van der Waals surface area contributed by atoms with E-state index in [-0.39, 0.29) is 6.04 Å². The lowest BCUT2D eigenvalue weighted by molar-refractivity contribution is -0.137. The summed E-state index contributed by atoms with van der Waals surface area (Å²) < 4.78 is 9.64. The van der Waals surface area contributed by atoms with Crippen LogP contribution in [0.5, 0.6) is 0 Å². The maximum Gasteiger partial charge on any atom is 0.252 e. The smallest absolute Gasteiger partial charge is 0.252 e. The molecule has 4 N–H and O–H groups in total. The Balaban J connectivity index is 1.07. The first-order chi connectivity index (χ1) is 20.1. The van der Waals surface area contributed by atoms with Gasteiger partial charge in [-0.15, -0.1) is 0 Å². The summed E-state index contributed by atoms with van der Waals surface area (Å²) in [6.07, 6.45) is 2.85. The summed E-state index contributed by atoms with van der Waals surface area (Å²) in [5, 5.41) is 28.7. The van der Waals surface area contributed by atoms with Crippen LogP contribution in [-0.4, -0.2) is 71.1 Å². The molecule has 7 rings (SSSR count). The van der Waals surface area contributed by atoms with Crippen LogP contribution in [0.1, 0.15) is 30.2 Å². The van der Waals surface area contributed by atoms with Crippen LogP contribution in [0.15, 0.2) is 73.4 Å². The lowest BCUT2D eigenvalue weighted by Crippen LogP contribution is -2.43. The van der Waals surface area contributed by atoms with E-state index >= 15 is 0 Å². The summed E-state index contributed by atoms with van der Waals surface area (Å²) in [5.41, 5.74) is 4.61. The number of carbonyl (C=O) groups is 1. The zero-order valence-electron chi connectivity index (χ0n) is 22.3. The van der Waals surface area contributed by atoms with Gasteiger partial charge in [-0.05, 0) is 36.5 Å². The number of carbonyl (C=O) groups excluding carboxylic acids is 1. The van der Waals surface area contributed by atoms with Gasteiger partial charge in [-0.25, -0.2) is 15.0 Å². The van der Waals surface area contributed by atoms with Gasteiger partial charge >= 0.3 is 0 Å². The van der Waals surface area contributed by atoms with Crippen molar-refractivity contribution in [3.05, 3.63) is 84.6 Å². The molecular weight excluding hydrogens is 522 g/mol. The number of nitrogens with zero attached hydrogens (tertiary/aromatic N) is 5. The fraction of sp³-hybridized carbons (Fsp3) is 0.333. The predicted octanol–water partition coefficient (Wildman–Crippen LogP) is 2.38. The van der Waals surface area contributed by atoms with Gasteiger partial charge in [0, 0.05) is 36.2 Å². The van der Waals surface area contributed by atoms with Crippen LogP contribution < -0.4 is 10.6 Å². The molecule has 1 saturated carbocycles. The molecular formula is C30H31N7O4. The van der Waals surface area contributed by atoms with Gasteiger partial charge in [0.15, 0.2) is 29.3 Å². The average molecular weight is 554 g/mol. The molecule has 4 atom stereocenters. The third kappa shape index (κ3) is 4.92. The Morgan fingerprint density at radius 3 is 2.63 bits per heavy atom. The first-order valence-electron chi connectivity index (χ1n) is 13.9. The second-order valence-corrected chi connectivity index (χ2v) is 10.7. The molecule has 1 aliphatic heterocycles. The number of rotatable bonds is 9. The molecule has 0 bridgehead atoms. The van der Waals surface area contributed by atoms with Crippen LogP contribution in [-0.2, 0) is 22.5 Å². The Labute approximate surface area is 235 Å². The Kier molecular flexibility index (Phi) is 6.62. The summed E-state index contributed by atoms with van der Waals surface area (Å²) in [7, 11) is 0. The number of ether oxygens (including phenoxy) is 1. The summed E-state index contributed by atoms with van der Waals surface area (Å²) in [6, 6.07) is 18.9. The molecule has 5 aromatic rings. The van der Waals surface area contributed by atoms with Gasteiger partial charge in [-0.3, -0.25) is 9.36 Å². The summed E-state index contributed by atoms with van der Waals surface area (Å²) >= 11 is 0. The van der Waals surface area contributed by atoms with E-state index in [4.69, 9.17) is 4.74 Å². The Hall–Kier alpha value is -4.32. The van der Waals surface area contributed by atoms with Gasteiger partial charge in [0.1, 0.15) is 18.5 Å². The van der Waals surface area contributed by atoms with Crippen LogP contribution >= 0.6 is 0 Å². The first-order valence-corrected chi connectivity index (χ1v) is 13.9. The van der Waals surface area contributed by atoms with Crippen molar-refractivity contribution in [1.29, 1.82) is 0 Å². The Morgan fingerprint density at radius 2 is 1.80 bits per heavy atom. The van der Waals surface area contributed by atoms with Gasteiger partial charge in [-0.2, -0.15) is 0 Å². The molecule has 210 valence electrons. The molecule has 0 spiro atoms. The predicted molar refractivity (Wildman–Crippen MR) is 152 cm³/mol. The fourth-order valence-corrected chi connectivity index (χ4v) is 5.53. The number of aliphatic hydroxyl groups is 2. The maximum atomic E-state index is 12.5. The van der Waals surface area contributed by atoms with Crippen molar-refractivity contribution in [2.75, 3.05) is 11.9 Å². The monoisotopic (exact) mass is 553 g/mol. The summed E-state index contributed by atoms with van der Waals surface area (Å²) in [4.78, 5) is 25.8. The van der Waals surface area contributed by atoms with Crippen LogP contribution in [0.25, 0.3) is 22.1 Å². The second kappa shape index (κ2) is 10.6. The van der Waals surface area contributed by atoms with E-state index in [1.165, 1.54) is 39.3 Å². The number of hydrogen-bond acceptors (Lipinski definition) is 8. The van der Waals surface area contributed by atoms with Gasteiger partial charge in [0.05, 0.1) is 6.33 Å². The van der Waals surface area contributed by atoms with E-state index in [1.807, 2.05) is 6.07 Å². The minimum atomic E-state index is -1.36. The van der Waals surface area contributed by atoms with Crippen molar-refractivity contribution in [3.8, 4) is 0 Å². The molecule has 0 radical (unpaired) electrons. The van der Waals surface area contributed by atoms with Crippen LogP contribution in [0.2, 0.25) is 0 Å². The van der Waals surface area contributed by atoms with Crippen molar-refractivity contribution in [1.82, 2.24) is 29.4 Å². The number of para-hydroxylation sites is 1. The highest BCUT2D eigenvalue weighted by Crippen LogP contribution is 2.33. The van der Waals surface area contributed by atoms with Crippen molar-refractivity contribution < 1.29 is 19.7 Å².